The van der Waals surface area contributed by atoms with Crippen molar-refractivity contribution in [2.24, 2.45) is 0 Å². The molecule has 32 heavy (non-hydrogen) atoms. The summed E-state index contributed by atoms with van der Waals surface area (Å²) in [5.74, 6) is 2.22. The lowest BCUT2D eigenvalue weighted by atomic mass is 10.2. The molecule has 0 fully saturated rings. The largest absolute Gasteiger partial charge is 0.457 e. The van der Waals surface area contributed by atoms with Gasteiger partial charge >= 0.3 is 0 Å². The Labute approximate surface area is 185 Å². The fraction of sp³-hybridized carbons (Fsp3) is 0.0385. The first-order valence-corrected chi connectivity index (χ1v) is 10.2. The average Bonchev–Trinajstić information content (AvgIpc) is 3.19. The molecule has 2 aromatic heterocycles. The van der Waals surface area contributed by atoms with E-state index in [-0.39, 0.29) is 5.91 Å². The Kier molecular flexibility index (Phi) is 5.09. The third-order valence-corrected chi connectivity index (χ3v) is 4.95. The summed E-state index contributed by atoms with van der Waals surface area (Å²) >= 11 is 0. The predicted octanol–water partition coefficient (Wildman–Crippen LogP) is 5.77. The highest BCUT2D eigenvalue weighted by Gasteiger charge is 2.14. The number of nitrogens with zero attached hydrogens (tertiary/aromatic N) is 3. The van der Waals surface area contributed by atoms with Gasteiger partial charge < -0.3 is 10.1 Å². The van der Waals surface area contributed by atoms with Gasteiger partial charge in [-0.05, 0) is 55.5 Å². The molecule has 1 N–H and O–H groups in total. The number of aryl methyl sites for hydroxylation is 1. The van der Waals surface area contributed by atoms with Crippen LogP contribution in [-0.2, 0) is 0 Å². The minimum Gasteiger partial charge on any atom is -0.457 e. The molecule has 0 spiro atoms. The second-order valence-corrected chi connectivity index (χ2v) is 7.34. The van der Waals surface area contributed by atoms with E-state index in [9.17, 15) is 4.79 Å². The molecule has 3 aromatic carbocycles. The molecule has 0 unspecified atom stereocenters. The lowest BCUT2D eigenvalue weighted by Crippen LogP contribution is -2.15. The molecule has 0 aliphatic carbocycles. The van der Waals surface area contributed by atoms with Crippen molar-refractivity contribution < 1.29 is 9.53 Å². The van der Waals surface area contributed by atoms with Crippen LogP contribution < -0.4 is 10.1 Å². The number of nitrogens with one attached hydrogen (secondary N) is 1. The Morgan fingerprint density at radius 3 is 2.50 bits per heavy atom. The standard InChI is InChI=1S/C26H20N4O2/c1-18-16-25(30(29-18)24-15-14-19-8-5-6-13-23(19)27-24)28-26(31)20-9-7-12-22(17-20)32-21-10-3-2-4-11-21/h2-17H,1H3,(H,28,31). The van der Waals surface area contributed by atoms with Crippen molar-refractivity contribution in [3.05, 3.63) is 108 Å². The second kappa shape index (κ2) is 8.35. The van der Waals surface area contributed by atoms with Gasteiger partial charge in [0.2, 0.25) is 0 Å². The van der Waals surface area contributed by atoms with E-state index < -0.39 is 0 Å². The lowest BCUT2D eigenvalue weighted by molar-refractivity contribution is 0.102. The molecule has 0 bridgehead atoms. The van der Waals surface area contributed by atoms with E-state index in [4.69, 9.17) is 4.74 Å². The van der Waals surface area contributed by atoms with Crippen LogP contribution in [0.4, 0.5) is 5.82 Å². The summed E-state index contributed by atoms with van der Waals surface area (Å²) in [7, 11) is 0. The third kappa shape index (κ3) is 4.06. The molecular formula is C26H20N4O2. The van der Waals surface area contributed by atoms with Crippen LogP contribution >= 0.6 is 0 Å². The Morgan fingerprint density at radius 1 is 0.844 bits per heavy atom. The number of hydrogen-bond acceptors (Lipinski definition) is 4. The van der Waals surface area contributed by atoms with E-state index in [2.05, 4.69) is 15.4 Å². The van der Waals surface area contributed by atoms with Crippen LogP contribution in [0.15, 0.2) is 97.1 Å². The fourth-order valence-corrected chi connectivity index (χ4v) is 3.45. The molecule has 6 heteroatoms. The van der Waals surface area contributed by atoms with Gasteiger partial charge in [0.25, 0.3) is 5.91 Å². The maximum atomic E-state index is 13.0. The Bertz CT molecular complexity index is 1410. The Hall–Kier alpha value is -4.45. The first kappa shape index (κ1) is 19.5. The van der Waals surface area contributed by atoms with Crippen molar-refractivity contribution in [2.45, 2.75) is 6.92 Å². The number of aromatic nitrogens is 3. The van der Waals surface area contributed by atoms with E-state index in [1.165, 1.54) is 0 Å². The molecule has 2 heterocycles. The minimum absolute atomic E-state index is 0.259. The zero-order chi connectivity index (χ0) is 21.9. The summed E-state index contributed by atoms with van der Waals surface area (Å²) in [5, 5.41) is 8.52. The van der Waals surface area contributed by atoms with Crippen molar-refractivity contribution in [2.75, 3.05) is 5.32 Å². The van der Waals surface area contributed by atoms with Crippen molar-refractivity contribution in [1.29, 1.82) is 0 Å². The zero-order valence-corrected chi connectivity index (χ0v) is 17.4. The van der Waals surface area contributed by atoms with Crippen molar-refractivity contribution in [3.8, 4) is 17.3 Å². The molecule has 156 valence electrons. The Morgan fingerprint density at radius 2 is 1.62 bits per heavy atom. The maximum Gasteiger partial charge on any atom is 0.256 e. The van der Waals surface area contributed by atoms with E-state index in [0.29, 0.717) is 28.7 Å². The van der Waals surface area contributed by atoms with Crippen LogP contribution in [0, 0.1) is 6.92 Å². The molecule has 0 aliphatic heterocycles. The highest BCUT2D eigenvalue weighted by molar-refractivity contribution is 6.04. The third-order valence-electron chi connectivity index (χ3n) is 4.95. The number of para-hydroxylation sites is 2. The van der Waals surface area contributed by atoms with Gasteiger partial charge in [-0.3, -0.25) is 4.79 Å². The molecule has 5 rings (SSSR count). The number of carbonyl (C=O) groups is 1. The molecule has 0 aliphatic rings. The van der Waals surface area contributed by atoms with Crippen molar-refractivity contribution in [3.63, 3.8) is 0 Å². The Balaban J connectivity index is 1.41. The summed E-state index contributed by atoms with van der Waals surface area (Å²) in [6.07, 6.45) is 0. The number of pyridine rings is 1. The molecular weight excluding hydrogens is 400 g/mol. The van der Waals surface area contributed by atoms with E-state index in [1.54, 1.807) is 22.9 Å². The summed E-state index contributed by atoms with van der Waals surface area (Å²) in [5.41, 5.74) is 2.12. The summed E-state index contributed by atoms with van der Waals surface area (Å²) in [4.78, 5) is 17.7. The minimum atomic E-state index is -0.259. The van der Waals surface area contributed by atoms with Crippen molar-refractivity contribution >= 4 is 22.6 Å². The van der Waals surface area contributed by atoms with Crippen molar-refractivity contribution in [1.82, 2.24) is 14.8 Å². The monoisotopic (exact) mass is 420 g/mol. The van der Waals surface area contributed by atoms with Gasteiger partial charge in [-0.1, -0.05) is 42.5 Å². The molecule has 0 saturated heterocycles. The topological polar surface area (TPSA) is 69.0 Å². The number of anilines is 1. The number of carbonyl (C=O) groups excluding carboxylic acids is 1. The number of fused-ring (bicyclic) bond motifs is 1. The quantitative estimate of drug-likeness (QED) is 0.392. The smallest absolute Gasteiger partial charge is 0.256 e. The molecule has 1 amide bonds. The van der Waals surface area contributed by atoms with Crippen LogP contribution in [0.5, 0.6) is 11.5 Å². The highest BCUT2D eigenvalue weighted by atomic mass is 16.5. The zero-order valence-electron chi connectivity index (χ0n) is 17.4. The molecule has 6 nitrogen and oxygen atoms in total. The van der Waals surface area contributed by atoms with Crippen LogP contribution in [0.1, 0.15) is 16.1 Å². The van der Waals surface area contributed by atoms with Gasteiger partial charge in [-0.25, -0.2) is 4.98 Å². The number of ether oxygens (including phenoxy) is 1. The van der Waals surface area contributed by atoms with Gasteiger partial charge in [0.15, 0.2) is 5.82 Å². The maximum absolute atomic E-state index is 13.0. The van der Waals surface area contributed by atoms with Crippen LogP contribution in [0.25, 0.3) is 16.7 Å². The van der Waals surface area contributed by atoms with E-state index in [1.807, 2.05) is 85.8 Å². The second-order valence-electron chi connectivity index (χ2n) is 7.34. The van der Waals surface area contributed by atoms with Gasteiger partial charge in [-0.15, -0.1) is 0 Å². The van der Waals surface area contributed by atoms with Crippen LogP contribution in [0.3, 0.4) is 0 Å². The van der Waals surface area contributed by atoms with Gasteiger partial charge in [0.1, 0.15) is 17.3 Å². The molecule has 0 radical (unpaired) electrons. The van der Waals surface area contributed by atoms with Crippen LogP contribution in [0.2, 0.25) is 0 Å². The summed E-state index contributed by atoms with van der Waals surface area (Å²) in [6.45, 7) is 1.88. The van der Waals surface area contributed by atoms with Gasteiger partial charge in [0.05, 0.1) is 11.2 Å². The van der Waals surface area contributed by atoms with Crippen LogP contribution in [-0.4, -0.2) is 20.7 Å². The van der Waals surface area contributed by atoms with Gasteiger partial charge in [0, 0.05) is 17.0 Å². The molecule has 5 aromatic rings. The molecule has 0 atom stereocenters. The first-order valence-electron chi connectivity index (χ1n) is 10.2. The van der Waals surface area contributed by atoms with Gasteiger partial charge in [-0.2, -0.15) is 9.78 Å². The molecule has 0 saturated carbocycles. The number of benzene rings is 3. The number of hydrogen-bond donors (Lipinski definition) is 1. The van der Waals surface area contributed by atoms with E-state index >= 15 is 0 Å². The average molecular weight is 420 g/mol. The fourth-order valence-electron chi connectivity index (χ4n) is 3.45. The first-order chi connectivity index (χ1) is 15.7. The lowest BCUT2D eigenvalue weighted by Gasteiger charge is -2.10. The predicted molar refractivity (Wildman–Crippen MR) is 125 cm³/mol. The summed E-state index contributed by atoms with van der Waals surface area (Å²) in [6, 6.07) is 30.1. The normalized spacial score (nSPS) is 10.8. The number of rotatable bonds is 5. The number of amides is 1. The van der Waals surface area contributed by atoms with E-state index in [0.717, 1.165) is 16.6 Å². The SMILES string of the molecule is Cc1cc(NC(=O)c2cccc(Oc3ccccc3)c2)n(-c2ccc3ccccc3n2)n1. The summed E-state index contributed by atoms with van der Waals surface area (Å²) < 4.78 is 7.49. The highest BCUT2D eigenvalue weighted by Crippen LogP contribution is 2.23.